The molecule has 2 fully saturated rings. The number of anilines is 1. The number of carbonyl (C=O) groups excluding carboxylic acids is 2. The highest BCUT2D eigenvalue weighted by Crippen LogP contribution is 2.29. The van der Waals surface area contributed by atoms with Gasteiger partial charge in [-0.25, -0.2) is 4.39 Å². The van der Waals surface area contributed by atoms with Gasteiger partial charge in [0, 0.05) is 24.7 Å². The average molecular weight is 304 g/mol. The van der Waals surface area contributed by atoms with Gasteiger partial charge in [0.25, 0.3) is 0 Å². The summed E-state index contributed by atoms with van der Waals surface area (Å²) in [5.74, 6) is -0.842. The highest BCUT2D eigenvalue weighted by Gasteiger charge is 2.38. The number of amides is 2. The maximum absolute atomic E-state index is 13.1. The predicted molar refractivity (Wildman–Crippen MR) is 81.7 cm³/mol. The lowest BCUT2D eigenvalue weighted by Gasteiger charge is -2.31. The van der Waals surface area contributed by atoms with E-state index in [1.807, 2.05) is 4.90 Å². The van der Waals surface area contributed by atoms with Crippen LogP contribution in [0, 0.1) is 11.7 Å². The monoisotopic (exact) mass is 304 g/mol. The molecule has 1 aromatic rings. The van der Waals surface area contributed by atoms with Crippen molar-refractivity contribution in [2.24, 2.45) is 5.92 Å². The lowest BCUT2D eigenvalue weighted by molar-refractivity contribution is -0.130. The Morgan fingerprint density at radius 2 is 2.00 bits per heavy atom. The molecule has 1 heterocycles. The number of halogens is 1. The molecular formula is C17H21FN2O2. The zero-order valence-electron chi connectivity index (χ0n) is 12.6. The first-order valence-electron chi connectivity index (χ1n) is 7.99. The van der Waals surface area contributed by atoms with Crippen LogP contribution in [-0.4, -0.2) is 29.3 Å². The summed E-state index contributed by atoms with van der Waals surface area (Å²) < 4.78 is 13.1. The van der Waals surface area contributed by atoms with E-state index in [4.69, 9.17) is 0 Å². The summed E-state index contributed by atoms with van der Waals surface area (Å²) in [6, 6.07) is 6.12. The minimum absolute atomic E-state index is 0.0753. The van der Waals surface area contributed by atoms with E-state index in [0.29, 0.717) is 18.3 Å². The molecule has 1 atom stereocenters. The van der Waals surface area contributed by atoms with Crippen molar-refractivity contribution in [2.75, 3.05) is 11.9 Å². The van der Waals surface area contributed by atoms with E-state index in [1.54, 1.807) is 12.1 Å². The molecule has 1 saturated heterocycles. The van der Waals surface area contributed by atoms with Crippen LogP contribution < -0.4 is 5.32 Å². The summed E-state index contributed by atoms with van der Waals surface area (Å²) in [7, 11) is 0. The number of rotatable bonds is 3. The van der Waals surface area contributed by atoms with E-state index in [0.717, 1.165) is 25.7 Å². The minimum Gasteiger partial charge on any atom is -0.339 e. The van der Waals surface area contributed by atoms with Gasteiger partial charge in [-0.1, -0.05) is 25.3 Å². The summed E-state index contributed by atoms with van der Waals surface area (Å²) in [5, 5.41) is 2.71. The standard InChI is InChI=1S/C17H21FN2O2/c18-13-5-4-6-14(10-13)19-17(22)12-9-16(21)20(11-12)15-7-2-1-3-8-15/h4-6,10,12,15H,1-3,7-9,11H2,(H,19,22). The summed E-state index contributed by atoms with van der Waals surface area (Å²) in [6.45, 7) is 0.491. The Kier molecular flexibility index (Phi) is 4.41. The molecule has 3 rings (SSSR count). The van der Waals surface area contributed by atoms with Crippen LogP contribution in [0.5, 0.6) is 0 Å². The van der Waals surface area contributed by atoms with Crippen molar-refractivity contribution in [2.45, 2.75) is 44.6 Å². The molecule has 1 unspecified atom stereocenters. The molecule has 5 heteroatoms. The highest BCUT2D eigenvalue weighted by atomic mass is 19.1. The van der Waals surface area contributed by atoms with Gasteiger partial charge in [0.2, 0.25) is 11.8 Å². The van der Waals surface area contributed by atoms with Crippen LogP contribution in [0.2, 0.25) is 0 Å². The van der Waals surface area contributed by atoms with E-state index in [9.17, 15) is 14.0 Å². The van der Waals surface area contributed by atoms with Crippen molar-refractivity contribution in [3.05, 3.63) is 30.1 Å². The zero-order valence-corrected chi connectivity index (χ0v) is 12.6. The summed E-state index contributed by atoms with van der Waals surface area (Å²) in [6.07, 6.45) is 5.91. The molecule has 1 aliphatic heterocycles. The van der Waals surface area contributed by atoms with Crippen molar-refractivity contribution >= 4 is 17.5 Å². The normalized spacial score (nSPS) is 22.9. The van der Waals surface area contributed by atoms with Gasteiger partial charge in [-0.05, 0) is 31.0 Å². The largest absolute Gasteiger partial charge is 0.339 e. The van der Waals surface area contributed by atoms with E-state index >= 15 is 0 Å². The summed E-state index contributed by atoms with van der Waals surface area (Å²) in [5.41, 5.74) is 0.438. The Morgan fingerprint density at radius 3 is 2.73 bits per heavy atom. The number of hydrogen-bond donors (Lipinski definition) is 1. The van der Waals surface area contributed by atoms with Crippen LogP contribution in [-0.2, 0) is 9.59 Å². The number of carbonyl (C=O) groups is 2. The smallest absolute Gasteiger partial charge is 0.229 e. The molecule has 4 nitrogen and oxygen atoms in total. The van der Waals surface area contributed by atoms with Crippen LogP contribution in [0.3, 0.4) is 0 Å². The molecule has 1 aromatic carbocycles. The molecule has 118 valence electrons. The van der Waals surface area contributed by atoms with Crippen molar-refractivity contribution in [3.63, 3.8) is 0 Å². The highest BCUT2D eigenvalue weighted by molar-refractivity contribution is 5.97. The molecule has 1 N–H and O–H groups in total. The molecule has 0 radical (unpaired) electrons. The Bertz CT molecular complexity index is 570. The number of likely N-dealkylation sites (tertiary alicyclic amines) is 1. The quantitative estimate of drug-likeness (QED) is 0.933. The maximum atomic E-state index is 13.1. The van der Waals surface area contributed by atoms with Gasteiger partial charge in [-0.15, -0.1) is 0 Å². The third kappa shape index (κ3) is 3.29. The lowest BCUT2D eigenvalue weighted by atomic mass is 9.94. The fourth-order valence-electron chi connectivity index (χ4n) is 3.46. The second-order valence-electron chi connectivity index (χ2n) is 6.24. The first kappa shape index (κ1) is 15.0. The molecule has 1 saturated carbocycles. The van der Waals surface area contributed by atoms with Crippen LogP contribution in [0.25, 0.3) is 0 Å². The topological polar surface area (TPSA) is 49.4 Å². The van der Waals surface area contributed by atoms with Crippen molar-refractivity contribution in [1.82, 2.24) is 4.90 Å². The van der Waals surface area contributed by atoms with E-state index in [2.05, 4.69) is 5.32 Å². The van der Waals surface area contributed by atoms with Crippen molar-refractivity contribution < 1.29 is 14.0 Å². The summed E-state index contributed by atoms with van der Waals surface area (Å²) in [4.78, 5) is 26.4. The maximum Gasteiger partial charge on any atom is 0.229 e. The molecule has 2 aliphatic rings. The molecular weight excluding hydrogens is 283 g/mol. The number of benzene rings is 1. The van der Waals surface area contributed by atoms with Crippen molar-refractivity contribution in [1.29, 1.82) is 0 Å². The predicted octanol–water partition coefficient (Wildman–Crippen LogP) is 2.95. The van der Waals surface area contributed by atoms with Crippen LogP contribution in [0.1, 0.15) is 38.5 Å². The van der Waals surface area contributed by atoms with Crippen LogP contribution in [0.4, 0.5) is 10.1 Å². The first-order chi connectivity index (χ1) is 10.6. The molecule has 1 aliphatic carbocycles. The average Bonchev–Trinajstić information content (AvgIpc) is 2.90. The van der Waals surface area contributed by atoms with E-state index in [1.165, 1.54) is 18.6 Å². The third-order valence-electron chi connectivity index (χ3n) is 4.64. The van der Waals surface area contributed by atoms with Crippen LogP contribution in [0.15, 0.2) is 24.3 Å². The fourth-order valence-corrected chi connectivity index (χ4v) is 3.46. The molecule has 0 bridgehead atoms. The van der Waals surface area contributed by atoms with Gasteiger partial charge < -0.3 is 10.2 Å². The Balaban J connectivity index is 1.61. The van der Waals surface area contributed by atoms with Crippen molar-refractivity contribution in [3.8, 4) is 0 Å². The van der Waals surface area contributed by atoms with Gasteiger partial charge in [0.1, 0.15) is 5.82 Å². The zero-order chi connectivity index (χ0) is 15.5. The van der Waals surface area contributed by atoms with Gasteiger partial charge in [-0.3, -0.25) is 9.59 Å². The Hall–Kier alpha value is -1.91. The SMILES string of the molecule is O=C(Nc1cccc(F)c1)C1CC(=O)N(C2CCCCC2)C1. The van der Waals surface area contributed by atoms with Gasteiger partial charge in [-0.2, -0.15) is 0 Å². The number of nitrogens with one attached hydrogen (secondary N) is 1. The molecule has 0 aromatic heterocycles. The minimum atomic E-state index is -0.385. The molecule has 2 amide bonds. The van der Waals surface area contributed by atoms with E-state index < -0.39 is 0 Å². The van der Waals surface area contributed by atoms with E-state index in [-0.39, 0.29) is 30.0 Å². The summed E-state index contributed by atoms with van der Waals surface area (Å²) >= 11 is 0. The molecule has 22 heavy (non-hydrogen) atoms. The fraction of sp³-hybridized carbons (Fsp3) is 0.529. The van der Waals surface area contributed by atoms with Crippen LogP contribution >= 0.6 is 0 Å². The number of hydrogen-bond acceptors (Lipinski definition) is 2. The lowest BCUT2D eigenvalue weighted by Crippen LogP contribution is -2.38. The second kappa shape index (κ2) is 6.46. The Labute approximate surface area is 129 Å². The van der Waals surface area contributed by atoms with Gasteiger partial charge in [0.05, 0.1) is 5.92 Å². The van der Waals surface area contributed by atoms with Gasteiger partial charge >= 0.3 is 0 Å². The third-order valence-corrected chi connectivity index (χ3v) is 4.64. The number of nitrogens with zero attached hydrogens (tertiary/aromatic N) is 1. The Morgan fingerprint density at radius 1 is 1.23 bits per heavy atom. The second-order valence-corrected chi connectivity index (χ2v) is 6.24. The first-order valence-corrected chi connectivity index (χ1v) is 7.99. The molecule has 0 spiro atoms. The van der Waals surface area contributed by atoms with Gasteiger partial charge in [0.15, 0.2) is 0 Å².